The Balaban J connectivity index is 2.17. The van der Waals surface area contributed by atoms with Crippen LogP contribution in [0.3, 0.4) is 0 Å². The quantitative estimate of drug-likeness (QED) is 0.844. The van der Waals surface area contributed by atoms with E-state index in [0.29, 0.717) is 23.0 Å². The molecule has 6 nitrogen and oxygen atoms in total. The fourth-order valence-corrected chi connectivity index (χ4v) is 3.03. The van der Waals surface area contributed by atoms with Crippen LogP contribution in [-0.2, 0) is 23.1 Å². The Labute approximate surface area is 128 Å². The Morgan fingerprint density at radius 2 is 2.05 bits per heavy atom. The molecule has 0 atom stereocenters. The van der Waals surface area contributed by atoms with Crippen LogP contribution in [-0.4, -0.2) is 20.6 Å². The number of rotatable bonds is 6. The maximum Gasteiger partial charge on any atom is 0.240 e. The van der Waals surface area contributed by atoms with Gasteiger partial charge in [0.1, 0.15) is 5.76 Å². The minimum Gasteiger partial charge on any atom is -0.361 e. The van der Waals surface area contributed by atoms with Gasteiger partial charge in [0.15, 0.2) is 0 Å². The van der Waals surface area contributed by atoms with E-state index in [9.17, 15) is 8.42 Å². The van der Waals surface area contributed by atoms with Crippen LogP contribution in [0.1, 0.15) is 17.0 Å². The Kier molecular flexibility index (Phi) is 5.00. The van der Waals surface area contributed by atoms with Gasteiger partial charge in [-0.25, -0.2) is 13.1 Å². The van der Waals surface area contributed by atoms with Gasteiger partial charge in [0, 0.05) is 17.6 Å². The van der Waals surface area contributed by atoms with Gasteiger partial charge in [-0.2, -0.15) is 0 Å². The highest BCUT2D eigenvalue weighted by molar-refractivity contribution is 7.89. The molecule has 0 radical (unpaired) electrons. The Morgan fingerprint density at radius 3 is 2.67 bits per heavy atom. The molecule has 0 saturated carbocycles. The smallest absolute Gasteiger partial charge is 0.240 e. The van der Waals surface area contributed by atoms with Crippen LogP contribution in [0.4, 0.5) is 0 Å². The van der Waals surface area contributed by atoms with E-state index in [2.05, 4.69) is 15.2 Å². The predicted octanol–water partition coefficient (Wildman–Crippen LogP) is 1.83. The largest absolute Gasteiger partial charge is 0.361 e. The zero-order chi connectivity index (χ0) is 15.5. The molecule has 1 heterocycles. The number of nitrogens with zero attached hydrogens (tertiary/aromatic N) is 1. The third-order valence-corrected chi connectivity index (χ3v) is 4.58. The van der Waals surface area contributed by atoms with Crippen LogP contribution in [0.15, 0.2) is 33.7 Å². The van der Waals surface area contributed by atoms with E-state index in [1.807, 2.05) is 0 Å². The molecular weight excluding hydrogens is 314 g/mol. The number of aryl methyl sites for hydroxylation is 1. The lowest BCUT2D eigenvalue weighted by Gasteiger charge is -2.09. The first-order valence-electron chi connectivity index (χ1n) is 6.27. The Bertz CT molecular complexity index is 728. The molecule has 2 N–H and O–H groups in total. The average Bonchev–Trinajstić information content (AvgIpc) is 2.85. The average molecular weight is 330 g/mol. The summed E-state index contributed by atoms with van der Waals surface area (Å²) in [5, 5.41) is 7.21. The number of hydrogen-bond acceptors (Lipinski definition) is 5. The number of hydrogen-bond donors (Lipinski definition) is 2. The molecule has 1 aromatic heterocycles. The summed E-state index contributed by atoms with van der Waals surface area (Å²) in [6, 6.07) is 6.27. The number of halogens is 1. The topological polar surface area (TPSA) is 84.2 Å². The number of aromatic nitrogens is 1. The van der Waals surface area contributed by atoms with Crippen molar-refractivity contribution in [2.24, 2.45) is 0 Å². The van der Waals surface area contributed by atoms with Crippen molar-refractivity contribution >= 4 is 21.6 Å². The first-order valence-corrected chi connectivity index (χ1v) is 8.13. The minimum atomic E-state index is -3.62. The molecule has 0 aliphatic rings. The molecule has 21 heavy (non-hydrogen) atoms. The summed E-state index contributed by atoms with van der Waals surface area (Å²) < 4.78 is 31.9. The second-order valence-electron chi connectivity index (χ2n) is 4.54. The maximum absolute atomic E-state index is 12.2. The van der Waals surface area contributed by atoms with Gasteiger partial charge in [0.05, 0.1) is 17.1 Å². The number of sulfonamides is 1. The van der Waals surface area contributed by atoms with E-state index < -0.39 is 10.0 Å². The standard InChI is InChI=1S/C13H16ClN3O3S/c1-9-5-11(17-20-9)8-16-21(18,19)12-3-4-13(14)10(6-12)7-15-2/h3-6,15-16H,7-8H2,1-2H3. The minimum absolute atomic E-state index is 0.0731. The summed E-state index contributed by atoms with van der Waals surface area (Å²) in [5.41, 5.74) is 1.25. The predicted molar refractivity (Wildman–Crippen MR) is 79.5 cm³/mol. The summed E-state index contributed by atoms with van der Waals surface area (Å²) in [7, 11) is -1.86. The molecule has 0 unspecified atom stereocenters. The van der Waals surface area contributed by atoms with Crippen molar-refractivity contribution in [2.45, 2.75) is 24.9 Å². The number of nitrogens with one attached hydrogen (secondary N) is 2. The van der Waals surface area contributed by atoms with Gasteiger partial charge in [-0.3, -0.25) is 0 Å². The highest BCUT2D eigenvalue weighted by Crippen LogP contribution is 2.20. The second-order valence-corrected chi connectivity index (χ2v) is 6.71. The van der Waals surface area contributed by atoms with Gasteiger partial charge in [-0.15, -0.1) is 0 Å². The molecule has 0 spiro atoms. The summed E-state index contributed by atoms with van der Waals surface area (Å²) >= 11 is 6.02. The third kappa shape index (κ3) is 4.04. The van der Waals surface area contributed by atoms with E-state index in [1.165, 1.54) is 6.07 Å². The zero-order valence-electron chi connectivity index (χ0n) is 11.7. The van der Waals surface area contributed by atoms with Crippen molar-refractivity contribution in [3.63, 3.8) is 0 Å². The second kappa shape index (κ2) is 6.57. The lowest BCUT2D eigenvalue weighted by atomic mass is 10.2. The summed E-state index contributed by atoms with van der Waals surface area (Å²) in [6.45, 7) is 2.31. The van der Waals surface area contributed by atoms with Crippen molar-refractivity contribution < 1.29 is 12.9 Å². The molecule has 0 saturated heterocycles. The van der Waals surface area contributed by atoms with Crippen LogP contribution >= 0.6 is 11.6 Å². The van der Waals surface area contributed by atoms with Crippen molar-refractivity contribution in [3.05, 3.63) is 46.3 Å². The van der Waals surface area contributed by atoms with Gasteiger partial charge in [0.2, 0.25) is 10.0 Å². The molecule has 0 aliphatic carbocycles. The van der Waals surface area contributed by atoms with E-state index in [1.54, 1.807) is 32.2 Å². The van der Waals surface area contributed by atoms with Gasteiger partial charge in [-0.1, -0.05) is 16.8 Å². The van der Waals surface area contributed by atoms with Gasteiger partial charge >= 0.3 is 0 Å². The van der Waals surface area contributed by atoms with Gasteiger partial charge in [-0.05, 0) is 37.7 Å². The highest BCUT2D eigenvalue weighted by atomic mass is 35.5. The van der Waals surface area contributed by atoms with Crippen LogP contribution in [0, 0.1) is 6.92 Å². The summed E-state index contributed by atoms with van der Waals surface area (Å²) in [5.74, 6) is 0.631. The van der Waals surface area contributed by atoms with E-state index in [-0.39, 0.29) is 11.4 Å². The Morgan fingerprint density at radius 1 is 1.29 bits per heavy atom. The molecule has 2 rings (SSSR count). The lowest BCUT2D eigenvalue weighted by molar-refractivity contribution is 0.390. The van der Waals surface area contributed by atoms with Crippen LogP contribution in [0.5, 0.6) is 0 Å². The third-order valence-electron chi connectivity index (χ3n) is 2.81. The fraction of sp³-hybridized carbons (Fsp3) is 0.308. The molecular formula is C13H16ClN3O3S. The molecule has 0 amide bonds. The summed E-state index contributed by atoms with van der Waals surface area (Å²) in [6.07, 6.45) is 0. The monoisotopic (exact) mass is 329 g/mol. The van der Waals surface area contributed by atoms with Crippen LogP contribution in [0.25, 0.3) is 0 Å². The molecule has 8 heteroatoms. The zero-order valence-corrected chi connectivity index (χ0v) is 13.3. The van der Waals surface area contributed by atoms with Gasteiger partial charge < -0.3 is 9.84 Å². The maximum atomic E-state index is 12.2. The molecule has 0 aliphatic heterocycles. The van der Waals surface area contributed by atoms with E-state index in [4.69, 9.17) is 16.1 Å². The van der Waals surface area contributed by atoms with E-state index >= 15 is 0 Å². The molecule has 0 bridgehead atoms. The van der Waals surface area contributed by atoms with Crippen LogP contribution < -0.4 is 10.0 Å². The van der Waals surface area contributed by atoms with Crippen molar-refractivity contribution in [2.75, 3.05) is 7.05 Å². The first-order chi connectivity index (χ1) is 9.92. The van der Waals surface area contributed by atoms with Crippen molar-refractivity contribution in [1.82, 2.24) is 15.2 Å². The molecule has 2 aromatic rings. The first kappa shape index (κ1) is 16.0. The SMILES string of the molecule is CNCc1cc(S(=O)(=O)NCc2cc(C)on2)ccc1Cl. The van der Waals surface area contributed by atoms with Crippen molar-refractivity contribution in [3.8, 4) is 0 Å². The summed E-state index contributed by atoms with van der Waals surface area (Å²) in [4.78, 5) is 0.164. The van der Waals surface area contributed by atoms with Crippen LogP contribution in [0.2, 0.25) is 5.02 Å². The fourth-order valence-electron chi connectivity index (χ4n) is 1.80. The lowest BCUT2D eigenvalue weighted by Crippen LogP contribution is -2.23. The molecule has 0 fully saturated rings. The van der Waals surface area contributed by atoms with Crippen molar-refractivity contribution in [1.29, 1.82) is 0 Å². The van der Waals surface area contributed by atoms with Gasteiger partial charge in [0.25, 0.3) is 0 Å². The molecule has 114 valence electrons. The highest BCUT2D eigenvalue weighted by Gasteiger charge is 2.16. The number of benzene rings is 1. The van der Waals surface area contributed by atoms with E-state index in [0.717, 1.165) is 5.56 Å². The Hall–Kier alpha value is -1.41. The molecule has 1 aromatic carbocycles. The normalized spacial score (nSPS) is 11.8.